The minimum Gasteiger partial charge on any atom is -0.491 e. The van der Waals surface area contributed by atoms with Gasteiger partial charge in [-0.25, -0.2) is 0 Å². The van der Waals surface area contributed by atoms with E-state index in [1.165, 1.54) is 10.4 Å². The molecule has 3 aromatic rings. The molecule has 0 spiro atoms. The number of carbonyl (C=O) groups is 1. The molecule has 39 heavy (non-hydrogen) atoms. The molecule has 0 heterocycles. The van der Waals surface area contributed by atoms with Gasteiger partial charge in [0.25, 0.3) is 8.32 Å². The zero-order valence-corrected chi connectivity index (χ0v) is 25.7. The Morgan fingerprint density at radius 1 is 0.872 bits per heavy atom. The van der Waals surface area contributed by atoms with E-state index in [1.807, 2.05) is 39.0 Å². The summed E-state index contributed by atoms with van der Waals surface area (Å²) >= 11 is 0. The third kappa shape index (κ3) is 6.73. The van der Waals surface area contributed by atoms with E-state index in [0.29, 0.717) is 5.92 Å². The van der Waals surface area contributed by atoms with E-state index in [9.17, 15) is 4.79 Å². The molecule has 0 aliphatic heterocycles. The highest BCUT2D eigenvalue weighted by molar-refractivity contribution is 6.99. The number of rotatable bonds is 10. The van der Waals surface area contributed by atoms with Crippen LogP contribution < -0.4 is 15.1 Å². The van der Waals surface area contributed by atoms with Crippen LogP contribution in [0, 0.1) is 18.8 Å². The first-order valence-corrected chi connectivity index (χ1v) is 16.6. The highest BCUT2D eigenvalue weighted by Gasteiger charge is 2.50. The maximum Gasteiger partial charge on any atom is 0.261 e. The van der Waals surface area contributed by atoms with Crippen LogP contribution >= 0.6 is 0 Å². The van der Waals surface area contributed by atoms with Gasteiger partial charge in [-0.05, 0) is 85.8 Å². The predicted molar refractivity (Wildman–Crippen MR) is 165 cm³/mol. The Kier molecular flexibility index (Phi) is 9.50. The summed E-state index contributed by atoms with van der Waals surface area (Å²) in [5, 5.41) is 2.65. The summed E-state index contributed by atoms with van der Waals surface area (Å²) in [5.74, 6) is 1.80. The van der Waals surface area contributed by atoms with Crippen molar-refractivity contribution in [3.63, 3.8) is 0 Å². The lowest BCUT2D eigenvalue weighted by molar-refractivity contribution is 0.0864. The highest BCUT2D eigenvalue weighted by atomic mass is 28.4. The Balaban J connectivity index is 1.41. The van der Waals surface area contributed by atoms with Crippen LogP contribution in [0.5, 0.6) is 5.75 Å². The molecule has 0 radical (unpaired) electrons. The van der Waals surface area contributed by atoms with Crippen molar-refractivity contribution < 1.29 is 14.0 Å². The highest BCUT2D eigenvalue weighted by Crippen LogP contribution is 2.38. The fourth-order valence-electron chi connectivity index (χ4n) is 6.22. The Bertz CT molecular complexity index is 1170. The SMILES string of the molecule is Cc1ccc(C(=O)C2CCC(CCO[Si](c3ccccc3)(c3ccccc3)C(C)(C)C)CC2)cc1OC(C)C. The molecule has 0 aromatic heterocycles. The van der Waals surface area contributed by atoms with Crippen LogP contribution in [0.2, 0.25) is 5.04 Å². The first-order chi connectivity index (χ1) is 18.6. The number of carbonyl (C=O) groups excluding carboxylic acids is 1. The van der Waals surface area contributed by atoms with Crippen molar-refractivity contribution in [2.75, 3.05) is 6.61 Å². The summed E-state index contributed by atoms with van der Waals surface area (Å²) in [4.78, 5) is 13.4. The maximum absolute atomic E-state index is 13.4. The van der Waals surface area contributed by atoms with Gasteiger partial charge in [-0.15, -0.1) is 0 Å². The van der Waals surface area contributed by atoms with Crippen molar-refractivity contribution >= 4 is 24.5 Å². The van der Waals surface area contributed by atoms with Crippen LogP contribution in [-0.4, -0.2) is 26.8 Å². The smallest absolute Gasteiger partial charge is 0.261 e. The van der Waals surface area contributed by atoms with Crippen LogP contribution in [-0.2, 0) is 4.43 Å². The van der Waals surface area contributed by atoms with E-state index in [4.69, 9.17) is 9.16 Å². The lowest BCUT2D eigenvalue weighted by Gasteiger charge is -2.43. The fourth-order valence-corrected chi connectivity index (χ4v) is 10.8. The number of hydrogen-bond donors (Lipinski definition) is 0. The van der Waals surface area contributed by atoms with Gasteiger partial charge in [0, 0.05) is 18.1 Å². The van der Waals surface area contributed by atoms with Gasteiger partial charge in [0.05, 0.1) is 6.10 Å². The summed E-state index contributed by atoms with van der Waals surface area (Å²) in [6.45, 7) is 13.8. The lowest BCUT2D eigenvalue weighted by Crippen LogP contribution is -2.66. The normalized spacial score (nSPS) is 18.2. The van der Waals surface area contributed by atoms with Crippen molar-refractivity contribution in [3.8, 4) is 5.75 Å². The molecular formula is C35H46O3Si. The average molecular weight is 543 g/mol. The van der Waals surface area contributed by atoms with E-state index in [0.717, 1.165) is 55.6 Å². The van der Waals surface area contributed by atoms with Gasteiger partial charge in [-0.1, -0.05) is 93.6 Å². The summed E-state index contributed by atoms with van der Waals surface area (Å²) < 4.78 is 13.1. The topological polar surface area (TPSA) is 35.5 Å². The summed E-state index contributed by atoms with van der Waals surface area (Å²) in [6, 6.07) is 27.7. The molecule has 1 aliphatic rings. The van der Waals surface area contributed by atoms with Gasteiger partial charge in [0.2, 0.25) is 0 Å². The lowest BCUT2D eigenvalue weighted by atomic mass is 9.77. The van der Waals surface area contributed by atoms with Crippen LogP contribution in [0.1, 0.15) is 82.6 Å². The molecule has 3 nitrogen and oxygen atoms in total. The van der Waals surface area contributed by atoms with E-state index in [2.05, 4.69) is 81.4 Å². The fraction of sp³-hybridized carbons (Fsp3) is 0.457. The molecule has 1 saturated carbocycles. The first kappa shape index (κ1) is 29.3. The summed E-state index contributed by atoms with van der Waals surface area (Å²) in [6.07, 6.45) is 5.22. The van der Waals surface area contributed by atoms with Gasteiger partial charge in [-0.3, -0.25) is 4.79 Å². The number of hydrogen-bond acceptors (Lipinski definition) is 3. The zero-order chi connectivity index (χ0) is 28.0. The molecular weight excluding hydrogens is 496 g/mol. The van der Waals surface area contributed by atoms with Crippen molar-refractivity contribution in [1.29, 1.82) is 0 Å². The number of benzene rings is 3. The maximum atomic E-state index is 13.4. The van der Waals surface area contributed by atoms with Crippen molar-refractivity contribution in [3.05, 3.63) is 90.0 Å². The Hall–Kier alpha value is -2.69. The molecule has 0 unspecified atom stereocenters. The van der Waals surface area contributed by atoms with Crippen LogP contribution in [0.4, 0.5) is 0 Å². The van der Waals surface area contributed by atoms with E-state index in [-0.39, 0.29) is 22.8 Å². The standard InChI is InChI=1S/C35H46O3Si/c1-26(2)38-33-25-30(20-17-27(33)3)34(36)29-21-18-28(19-22-29)23-24-37-39(35(4,5)6,31-13-9-7-10-14-31)32-15-11-8-12-16-32/h7-17,20,25-26,28-29H,18-19,21-24H2,1-6H3. The van der Waals surface area contributed by atoms with Gasteiger partial charge >= 0.3 is 0 Å². The second kappa shape index (κ2) is 12.7. The Morgan fingerprint density at radius 2 is 1.44 bits per heavy atom. The molecule has 3 aromatic carbocycles. The monoisotopic (exact) mass is 542 g/mol. The number of ether oxygens (including phenoxy) is 1. The largest absolute Gasteiger partial charge is 0.491 e. The molecule has 0 N–H and O–H groups in total. The van der Waals surface area contributed by atoms with Gasteiger partial charge in [0.15, 0.2) is 5.78 Å². The molecule has 0 bridgehead atoms. The molecule has 4 rings (SSSR count). The predicted octanol–water partition coefficient (Wildman–Crippen LogP) is 7.74. The quantitative estimate of drug-likeness (QED) is 0.194. The molecule has 0 amide bonds. The van der Waals surface area contributed by atoms with E-state index in [1.54, 1.807) is 0 Å². The Labute approximate surface area is 237 Å². The van der Waals surface area contributed by atoms with Gasteiger partial charge in [-0.2, -0.15) is 0 Å². The molecule has 0 saturated heterocycles. The number of aryl methyl sites for hydroxylation is 1. The third-order valence-corrected chi connectivity index (χ3v) is 13.4. The minimum absolute atomic E-state index is 0.00797. The summed E-state index contributed by atoms with van der Waals surface area (Å²) in [5.41, 5.74) is 1.86. The van der Waals surface area contributed by atoms with Crippen molar-refractivity contribution in [2.45, 2.75) is 84.8 Å². The van der Waals surface area contributed by atoms with Gasteiger partial charge < -0.3 is 9.16 Å². The van der Waals surface area contributed by atoms with Crippen molar-refractivity contribution in [2.24, 2.45) is 11.8 Å². The Morgan fingerprint density at radius 3 is 1.95 bits per heavy atom. The molecule has 208 valence electrons. The number of ketones is 1. The molecule has 1 fully saturated rings. The van der Waals surface area contributed by atoms with E-state index >= 15 is 0 Å². The molecule has 0 atom stereocenters. The second-order valence-corrected chi connectivity index (χ2v) is 16.8. The first-order valence-electron chi connectivity index (χ1n) is 14.7. The third-order valence-electron chi connectivity index (χ3n) is 8.31. The van der Waals surface area contributed by atoms with Crippen molar-refractivity contribution in [1.82, 2.24) is 0 Å². The van der Waals surface area contributed by atoms with E-state index < -0.39 is 8.32 Å². The average Bonchev–Trinajstić information content (AvgIpc) is 2.92. The van der Waals surface area contributed by atoms with Crippen LogP contribution in [0.25, 0.3) is 0 Å². The van der Waals surface area contributed by atoms with Crippen LogP contribution in [0.15, 0.2) is 78.9 Å². The zero-order valence-electron chi connectivity index (χ0n) is 24.7. The van der Waals surface area contributed by atoms with Crippen LogP contribution in [0.3, 0.4) is 0 Å². The number of Topliss-reactive ketones (excluding diaryl/α,β-unsaturated/α-hetero) is 1. The second-order valence-electron chi connectivity index (χ2n) is 12.5. The summed E-state index contributed by atoms with van der Waals surface area (Å²) in [7, 11) is -2.50. The molecule has 1 aliphatic carbocycles. The minimum atomic E-state index is -2.50. The van der Waals surface area contributed by atoms with Gasteiger partial charge in [0.1, 0.15) is 5.75 Å². The molecule has 4 heteroatoms.